The van der Waals surface area contributed by atoms with E-state index in [4.69, 9.17) is 14.7 Å². The number of piperidine rings is 1. The molecule has 2 aromatic carbocycles. The fourth-order valence-corrected chi connectivity index (χ4v) is 4.28. The Hall–Kier alpha value is -3.88. The van der Waals surface area contributed by atoms with Gasteiger partial charge in [0.1, 0.15) is 12.4 Å². The third kappa shape index (κ3) is 7.55. The second-order valence-corrected chi connectivity index (χ2v) is 9.36. The van der Waals surface area contributed by atoms with E-state index < -0.39 is 5.97 Å². The number of aliphatic carboxylic acids is 1. The van der Waals surface area contributed by atoms with E-state index >= 15 is 0 Å². The van der Waals surface area contributed by atoms with Gasteiger partial charge in [0.2, 0.25) is 17.8 Å². The van der Waals surface area contributed by atoms with Gasteiger partial charge in [0.05, 0.1) is 12.5 Å². The van der Waals surface area contributed by atoms with Crippen LogP contribution in [0.5, 0.6) is 5.75 Å². The van der Waals surface area contributed by atoms with Crippen LogP contribution < -0.4 is 19.9 Å². The molecule has 1 aliphatic rings. The van der Waals surface area contributed by atoms with Crippen molar-refractivity contribution in [2.24, 2.45) is 5.92 Å². The Morgan fingerprint density at radius 1 is 1.05 bits per heavy atom. The summed E-state index contributed by atoms with van der Waals surface area (Å²) >= 11 is 0. The van der Waals surface area contributed by atoms with Crippen molar-refractivity contribution in [3.63, 3.8) is 0 Å². The Morgan fingerprint density at radius 3 is 2.46 bits per heavy atom. The van der Waals surface area contributed by atoms with Gasteiger partial charge in [-0.1, -0.05) is 37.3 Å². The van der Waals surface area contributed by atoms with Gasteiger partial charge >= 0.3 is 5.97 Å². The van der Waals surface area contributed by atoms with Crippen LogP contribution in [0.1, 0.15) is 38.2 Å². The minimum absolute atomic E-state index is 0.364. The molecule has 1 aromatic heterocycles. The van der Waals surface area contributed by atoms with Crippen molar-refractivity contribution in [1.29, 1.82) is 0 Å². The van der Waals surface area contributed by atoms with Gasteiger partial charge in [0.15, 0.2) is 0 Å². The molecule has 9 nitrogen and oxygen atoms in total. The summed E-state index contributed by atoms with van der Waals surface area (Å²) < 4.78 is 5.95. The van der Waals surface area contributed by atoms with Gasteiger partial charge < -0.3 is 25.0 Å². The first kappa shape index (κ1) is 26.2. The average Bonchev–Trinajstić information content (AvgIpc) is 2.93. The molecule has 0 aliphatic carbocycles. The van der Waals surface area contributed by atoms with E-state index in [0.717, 1.165) is 42.9 Å². The summed E-state index contributed by atoms with van der Waals surface area (Å²) in [4.78, 5) is 29.6. The smallest absolute Gasteiger partial charge is 0.306 e. The number of benzene rings is 2. The highest BCUT2D eigenvalue weighted by atomic mass is 16.5. The lowest BCUT2D eigenvalue weighted by Crippen LogP contribution is -2.32. The monoisotopic (exact) mass is 504 g/mol. The Balaban J connectivity index is 1.39. The predicted molar refractivity (Wildman–Crippen MR) is 146 cm³/mol. The van der Waals surface area contributed by atoms with Crippen LogP contribution in [0.3, 0.4) is 0 Å². The van der Waals surface area contributed by atoms with Gasteiger partial charge in [-0.3, -0.25) is 4.79 Å². The SMILES string of the molecule is CCC(Cc1ccc(OCCN(C)c2nc(Nc3ccccc3)nc(N3CCCCC3)n2)cc1)C(=O)O. The fourth-order valence-electron chi connectivity index (χ4n) is 4.28. The number of carboxylic acids is 1. The lowest BCUT2D eigenvalue weighted by atomic mass is 9.97. The first-order valence-electron chi connectivity index (χ1n) is 13.0. The second kappa shape index (κ2) is 12.9. The molecule has 0 saturated carbocycles. The number of aromatic nitrogens is 3. The molecule has 2 heterocycles. The Kier molecular flexibility index (Phi) is 9.13. The lowest BCUT2D eigenvalue weighted by Gasteiger charge is -2.28. The molecule has 1 fully saturated rings. The molecule has 1 atom stereocenters. The summed E-state index contributed by atoms with van der Waals surface area (Å²) in [7, 11) is 1.95. The lowest BCUT2D eigenvalue weighted by molar-refractivity contribution is -0.141. The van der Waals surface area contributed by atoms with Crippen molar-refractivity contribution in [3.8, 4) is 5.75 Å². The zero-order valence-electron chi connectivity index (χ0n) is 21.6. The molecule has 3 aromatic rings. The van der Waals surface area contributed by atoms with Crippen LogP contribution in [0, 0.1) is 5.92 Å². The maximum atomic E-state index is 11.3. The Labute approximate surface area is 218 Å². The number of carboxylic acid groups (broad SMARTS) is 1. The van der Waals surface area contributed by atoms with Crippen LogP contribution in [-0.2, 0) is 11.2 Å². The molecular weight excluding hydrogens is 468 g/mol. The number of carbonyl (C=O) groups is 1. The summed E-state index contributed by atoms with van der Waals surface area (Å²) in [5.74, 6) is 1.43. The zero-order chi connectivity index (χ0) is 26.0. The minimum Gasteiger partial charge on any atom is -0.492 e. The van der Waals surface area contributed by atoms with Crippen molar-refractivity contribution in [1.82, 2.24) is 15.0 Å². The summed E-state index contributed by atoms with van der Waals surface area (Å²) in [6.07, 6.45) is 4.65. The van der Waals surface area contributed by atoms with Gasteiger partial charge in [0, 0.05) is 25.8 Å². The van der Waals surface area contributed by atoms with E-state index in [1.807, 2.05) is 73.5 Å². The van der Waals surface area contributed by atoms with E-state index in [1.54, 1.807) is 0 Å². The largest absolute Gasteiger partial charge is 0.492 e. The molecule has 0 amide bonds. The topological polar surface area (TPSA) is 104 Å². The molecule has 0 bridgehead atoms. The molecule has 2 N–H and O–H groups in total. The van der Waals surface area contributed by atoms with Gasteiger partial charge in [-0.15, -0.1) is 0 Å². The fraction of sp³-hybridized carbons (Fsp3) is 0.429. The van der Waals surface area contributed by atoms with Crippen LogP contribution in [0.2, 0.25) is 0 Å². The molecule has 196 valence electrons. The number of para-hydroxylation sites is 1. The Bertz CT molecular complexity index is 1140. The number of anilines is 4. The quantitative estimate of drug-likeness (QED) is 0.361. The average molecular weight is 505 g/mol. The van der Waals surface area contributed by atoms with E-state index in [2.05, 4.69) is 15.2 Å². The van der Waals surface area contributed by atoms with E-state index in [9.17, 15) is 9.90 Å². The number of hydrogen-bond acceptors (Lipinski definition) is 8. The molecule has 1 saturated heterocycles. The van der Waals surface area contributed by atoms with Gasteiger partial charge in [-0.2, -0.15) is 15.0 Å². The van der Waals surface area contributed by atoms with Crippen LogP contribution >= 0.6 is 0 Å². The molecule has 0 spiro atoms. The molecular formula is C28H36N6O3. The summed E-state index contributed by atoms with van der Waals surface area (Å²) in [6, 6.07) is 17.5. The van der Waals surface area contributed by atoms with Crippen molar-refractivity contribution < 1.29 is 14.6 Å². The zero-order valence-corrected chi connectivity index (χ0v) is 21.6. The number of nitrogens with zero attached hydrogens (tertiary/aromatic N) is 5. The standard InChI is InChI=1S/C28H36N6O3/c1-3-22(25(35)36)20-21-12-14-24(15-13-21)37-19-18-33(2)27-30-26(29-23-10-6-4-7-11-23)31-28(32-27)34-16-8-5-9-17-34/h4,6-7,10-15,22H,3,5,8-9,16-20H2,1-2H3,(H,35,36)(H,29,30,31,32). The number of hydrogen-bond donors (Lipinski definition) is 2. The van der Waals surface area contributed by atoms with Crippen LogP contribution in [0.4, 0.5) is 23.5 Å². The Morgan fingerprint density at radius 2 is 1.78 bits per heavy atom. The van der Waals surface area contributed by atoms with Crippen molar-refractivity contribution in [2.45, 2.75) is 39.0 Å². The molecule has 1 unspecified atom stereocenters. The normalized spacial score (nSPS) is 14.2. The third-order valence-corrected chi connectivity index (χ3v) is 6.56. The van der Waals surface area contributed by atoms with Crippen LogP contribution in [0.25, 0.3) is 0 Å². The number of likely N-dealkylation sites (N-methyl/N-ethyl adjacent to an activating group) is 1. The van der Waals surface area contributed by atoms with Crippen LogP contribution in [0.15, 0.2) is 54.6 Å². The summed E-state index contributed by atoms with van der Waals surface area (Å²) in [5, 5.41) is 12.6. The van der Waals surface area contributed by atoms with Gasteiger partial charge in [-0.25, -0.2) is 0 Å². The minimum atomic E-state index is -0.755. The summed E-state index contributed by atoms with van der Waals surface area (Å²) in [5.41, 5.74) is 1.92. The highest BCUT2D eigenvalue weighted by Crippen LogP contribution is 2.22. The molecule has 0 radical (unpaired) electrons. The first-order valence-corrected chi connectivity index (χ1v) is 13.0. The van der Waals surface area contributed by atoms with Gasteiger partial charge in [0.25, 0.3) is 0 Å². The molecule has 9 heteroatoms. The highest BCUT2D eigenvalue weighted by Gasteiger charge is 2.18. The number of ether oxygens (including phenoxy) is 1. The predicted octanol–water partition coefficient (Wildman–Crippen LogP) is 4.77. The van der Waals surface area contributed by atoms with Gasteiger partial charge in [-0.05, 0) is 61.9 Å². The summed E-state index contributed by atoms with van der Waals surface area (Å²) in [6.45, 7) is 4.84. The molecule has 37 heavy (non-hydrogen) atoms. The first-order chi connectivity index (χ1) is 18.0. The van der Waals surface area contributed by atoms with Crippen molar-refractivity contribution >= 4 is 29.5 Å². The second-order valence-electron chi connectivity index (χ2n) is 9.36. The molecule has 1 aliphatic heterocycles. The molecule has 4 rings (SSSR count). The highest BCUT2D eigenvalue weighted by molar-refractivity contribution is 5.70. The van der Waals surface area contributed by atoms with Crippen molar-refractivity contribution in [3.05, 3.63) is 60.2 Å². The van der Waals surface area contributed by atoms with E-state index in [0.29, 0.717) is 43.8 Å². The number of rotatable bonds is 12. The van der Waals surface area contributed by atoms with Crippen molar-refractivity contribution in [2.75, 3.05) is 48.4 Å². The van der Waals surface area contributed by atoms with E-state index in [1.165, 1.54) is 6.42 Å². The number of nitrogens with one attached hydrogen (secondary N) is 1. The maximum Gasteiger partial charge on any atom is 0.306 e. The third-order valence-electron chi connectivity index (χ3n) is 6.56. The maximum absolute atomic E-state index is 11.3. The van der Waals surface area contributed by atoms with E-state index in [-0.39, 0.29) is 5.92 Å². The van der Waals surface area contributed by atoms with Crippen LogP contribution in [-0.4, -0.2) is 59.3 Å².